The molecule has 0 spiro atoms. The van der Waals surface area contributed by atoms with E-state index >= 15 is 0 Å². The highest BCUT2D eigenvalue weighted by molar-refractivity contribution is 7.13. The Morgan fingerprint density at radius 2 is 2.28 bits per heavy atom. The average Bonchev–Trinajstić information content (AvgIpc) is 2.93. The van der Waals surface area contributed by atoms with Crippen molar-refractivity contribution in [2.75, 3.05) is 0 Å². The number of hydrogen-bond donors (Lipinski definition) is 0. The van der Waals surface area contributed by atoms with Crippen LogP contribution in [-0.4, -0.2) is 19.1 Å². The Labute approximate surface area is 106 Å². The molecule has 0 bridgehead atoms. The Morgan fingerprint density at radius 1 is 1.44 bits per heavy atom. The lowest BCUT2D eigenvalue weighted by molar-refractivity contribution is -0.384. The first-order valence-corrected chi connectivity index (χ1v) is 5.98. The number of benzene rings is 1. The molecule has 6 nitrogen and oxygen atoms in total. The summed E-state index contributed by atoms with van der Waals surface area (Å²) in [5, 5.41) is 15.7. The summed E-state index contributed by atoms with van der Waals surface area (Å²) in [6, 6.07) is 4.73. The van der Waals surface area contributed by atoms with Crippen molar-refractivity contribution in [3.8, 4) is 5.82 Å². The molecule has 1 aromatic carbocycles. The monoisotopic (exact) mass is 260 g/mol. The molecular formula is C11H8N4O2S. The van der Waals surface area contributed by atoms with Gasteiger partial charge < -0.3 is 0 Å². The second kappa shape index (κ2) is 3.88. The predicted octanol–water partition coefficient (Wildman–Crippen LogP) is 2.70. The van der Waals surface area contributed by atoms with E-state index in [1.54, 1.807) is 16.9 Å². The maximum Gasteiger partial charge on any atom is 0.270 e. The van der Waals surface area contributed by atoms with Crippen molar-refractivity contribution in [1.29, 1.82) is 0 Å². The van der Waals surface area contributed by atoms with Crippen LogP contribution in [0.5, 0.6) is 0 Å². The van der Waals surface area contributed by atoms with Crippen molar-refractivity contribution in [2.24, 2.45) is 0 Å². The zero-order valence-electron chi connectivity index (χ0n) is 9.40. The van der Waals surface area contributed by atoms with E-state index in [9.17, 15) is 10.1 Å². The van der Waals surface area contributed by atoms with E-state index in [1.807, 2.05) is 13.1 Å². The molecule has 0 saturated carbocycles. The summed E-state index contributed by atoms with van der Waals surface area (Å²) in [5.41, 5.74) is 1.08. The van der Waals surface area contributed by atoms with E-state index < -0.39 is 4.92 Å². The molecule has 0 aliphatic carbocycles. The van der Waals surface area contributed by atoms with Crippen LogP contribution in [0.3, 0.4) is 0 Å². The molecule has 0 aliphatic heterocycles. The standard InChI is InChI=1S/C11H8N4O2S/c1-7-5-12-14(6-7)11-9-4-8(15(16)17)2-3-10(9)18-13-11/h2-6H,1H3. The minimum Gasteiger partial charge on any atom is -0.258 e. The Bertz CT molecular complexity index is 746. The van der Waals surface area contributed by atoms with Crippen molar-refractivity contribution in [3.63, 3.8) is 0 Å². The molecule has 0 N–H and O–H groups in total. The molecule has 0 aliphatic rings. The lowest BCUT2D eigenvalue weighted by Crippen LogP contribution is -1.95. The van der Waals surface area contributed by atoms with Crippen molar-refractivity contribution in [1.82, 2.24) is 14.2 Å². The third kappa shape index (κ3) is 1.65. The van der Waals surface area contributed by atoms with E-state index in [0.717, 1.165) is 15.6 Å². The SMILES string of the molecule is Cc1cnn(-c2nsc3ccc([N+](=O)[O-])cc23)c1. The molecule has 0 radical (unpaired) electrons. The van der Waals surface area contributed by atoms with Gasteiger partial charge in [-0.3, -0.25) is 10.1 Å². The molecule has 0 saturated heterocycles. The Balaban J connectivity index is 2.23. The molecule has 2 heterocycles. The summed E-state index contributed by atoms with van der Waals surface area (Å²) in [7, 11) is 0. The lowest BCUT2D eigenvalue weighted by Gasteiger charge is -1.97. The van der Waals surface area contributed by atoms with Gasteiger partial charge in [0.15, 0.2) is 5.82 Å². The molecule has 0 amide bonds. The fraction of sp³-hybridized carbons (Fsp3) is 0.0909. The van der Waals surface area contributed by atoms with Gasteiger partial charge in [-0.2, -0.15) is 9.47 Å². The van der Waals surface area contributed by atoms with Crippen LogP contribution in [0.1, 0.15) is 5.56 Å². The number of nitro benzene ring substituents is 1. The van der Waals surface area contributed by atoms with Gasteiger partial charge in [-0.05, 0) is 30.1 Å². The molecule has 0 atom stereocenters. The molecule has 18 heavy (non-hydrogen) atoms. The summed E-state index contributed by atoms with van der Waals surface area (Å²) in [6.07, 6.45) is 3.57. The predicted molar refractivity (Wildman–Crippen MR) is 68.1 cm³/mol. The molecule has 0 fully saturated rings. The zero-order valence-corrected chi connectivity index (χ0v) is 10.2. The van der Waals surface area contributed by atoms with Gasteiger partial charge >= 0.3 is 0 Å². The number of nitrogens with zero attached hydrogens (tertiary/aromatic N) is 4. The topological polar surface area (TPSA) is 73.8 Å². The van der Waals surface area contributed by atoms with Crippen LogP contribution in [0, 0.1) is 17.0 Å². The molecule has 0 unspecified atom stereocenters. The molecule has 90 valence electrons. The van der Waals surface area contributed by atoms with Gasteiger partial charge in [0, 0.05) is 23.7 Å². The molecule has 3 aromatic rings. The van der Waals surface area contributed by atoms with E-state index in [4.69, 9.17) is 0 Å². The third-order valence-corrected chi connectivity index (χ3v) is 3.39. The summed E-state index contributed by atoms with van der Waals surface area (Å²) < 4.78 is 6.84. The van der Waals surface area contributed by atoms with Crippen LogP contribution in [-0.2, 0) is 0 Å². The van der Waals surface area contributed by atoms with Crippen LogP contribution >= 0.6 is 11.5 Å². The Morgan fingerprint density at radius 3 is 2.94 bits per heavy atom. The normalized spacial score (nSPS) is 10.9. The van der Waals surface area contributed by atoms with Gasteiger partial charge in [0.25, 0.3) is 5.69 Å². The highest BCUT2D eigenvalue weighted by Gasteiger charge is 2.13. The van der Waals surface area contributed by atoms with Crippen molar-refractivity contribution in [3.05, 3.63) is 46.3 Å². The zero-order chi connectivity index (χ0) is 12.7. The van der Waals surface area contributed by atoms with Crippen molar-refractivity contribution in [2.45, 2.75) is 6.92 Å². The van der Waals surface area contributed by atoms with Gasteiger partial charge in [0.1, 0.15) is 0 Å². The maximum absolute atomic E-state index is 10.8. The fourth-order valence-electron chi connectivity index (χ4n) is 1.72. The molecule has 3 rings (SSSR count). The maximum atomic E-state index is 10.8. The quantitative estimate of drug-likeness (QED) is 0.524. The average molecular weight is 260 g/mol. The number of aromatic nitrogens is 3. The lowest BCUT2D eigenvalue weighted by atomic mass is 10.2. The summed E-state index contributed by atoms with van der Waals surface area (Å²) in [6.45, 7) is 1.93. The van der Waals surface area contributed by atoms with E-state index in [0.29, 0.717) is 5.82 Å². The summed E-state index contributed by atoms with van der Waals surface area (Å²) >= 11 is 1.31. The van der Waals surface area contributed by atoms with Gasteiger partial charge in [-0.1, -0.05) is 0 Å². The number of aryl methyl sites for hydroxylation is 1. The van der Waals surface area contributed by atoms with E-state index in [-0.39, 0.29) is 5.69 Å². The number of fused-ring (bicyclic) bond motifs is 1. The third-order valence-electron chi connectivity index (χ3n) is 2.57. The summed E-state index contributed by atoms with van der Waals surface area (Å²) in [5.74, 6) is 0.631. The van der Waals surface area contributed by atoms with Crippen molar-refractivity contribution >= 4 is 27.3 Å². The number of nitro groups is 1. The van der Waals surface area contributed by atoms with Gasteiger partial charge in [0.05, 0.1) is 15.8 Å². The largest absolute Gasteiger partial charge is 0.270 e. The van der Waals surface area contributed by atoms with E-state index in [2.05, 4.69) is 9.47 Å². The van der Waals surface area contributed by atoms with Gasteiger partial charge in [-0.15, -0.1) is 0 Å². The highest BCUT2D eigenvalue weighted by atomic mass is 32.1. The number of hydrogen-bond acceptors (Lipinski definition) is 5. The van der Waals surface area contributed by atoms with Crippen LogP contribution in [0.4, 0.5) is 5.69 Å². The van der Waals surface area contributed by atoms with Crippen LogP contribution in [0.25, 0.3) is 15.9 Å². The highest BCUT2D eigenvalue weighted by Crippen LogP contribution is 2.28. The second-order valence-corrected chi connectivity index (χ2v) is 4.71. The number of non-ortho nitro benzene ring substituents is 1. The van der Waals surface area contributed by atoms with Gasteiger partial charge in [0.2, 0.25) is 0 Å². The molecular weight excluding hydrogens is 252 g/mol. The van der Waals surface area contributed by atoms with Crippen molar-refractivity contribution < 1.29 is 4.92 Å². The minimum absolute atomic E-state index is 0.0628. The Kier molecular flexibility index (Phi) is 2.34. The Hall–Kier alpha value is -2.28. The smallest absolute Gasteiger partial charge is 0.258 e. The number of rotatable bonds is 2. The van der Waals surface area contributed by atoms with Gasteiger partial charge in [-0.25, -0.2) is 4.68 Å². The van der Waals surface area contributed by atoms with E-state index in [1.165, 1.54) is 23.7 Å². The first-order chi connectivity index (χ1) is 8.65. The second-order valence-electron chi connectivity index (χ2n) is 3.91. The summed E-state index contributed by atoms with van der Waals surface area (Å²) in [4.78, 5) is 10.4. The van der Waals surface area contributed by atoms with Crippen LogP contribution in [0.2, 0.25) is 0 Å². The van der Waals surface area contributed by atoms with Crippen LogP contribution < -0.4 is 0 Å². The molecule has 2 aromatic heterocycles. The minimum atomic E-state index is -0.408. The first kappa shape index (κ1) is 10.8. The molecule has 7 heteroatoms. The van der Waals surface area contributed by atoms with Crippen LogP contribution in [0.15, 0.2) is 30.6 Å². The fourth-order valence-corrected chi connectivity index (χ4v) is 2.47. The first-order valence-electron chi connectivity index (χ1n) is 5.20.